The topological polar surface area (TPSA) is 78.9 Å². The molecule has 0 spiro atoms. The van der Waals surface area contributed by atoms with Crippen molar-refractivity contribution >= 4 is 17.5 Å². The molecule has 0 fully saturated rings. The summed E-state index contributed by atoms with van der Waals surface area (Å²) in [5.74, 6) is 0.365. The van der Waals surface area contributed by atoms with E-state index in [1.54, 1.807) is 18.7 Å². The smallest absolute Gasteiger partial charge is 0.270 e. The summed E-state index contributed by atoms with van der Waals surface area (Å²) >= 11 is 0. The Bertz CT molecular complexity index is 598. The van der Waals surface area contributed by atoms with E-state index >= 15 is 0 Å². The van der Waals surface area contributed by atoms with Crippen molar-refractivity contribution in [2.75, 3.05) is 24.6 Å². The lowest BCUT2D eigenvalue weighted by Crippen LogP contribution is -2.53. The number of aliphatic hydroxyl groups excluding tert-OH is 1. The standard InChI is InChI=1S/C17H24N2O4/c1-12-5-6-14-13(11-12)19(16(22)17(2,3)23-14)9-7-15(21)18-8-4-10-20/h5-6,11,20H,4,7-10H2,1-3H3,(H,18,21). The number of nitrogens with zero attached hydrogens (tertiary/aromatic N) is 1. The molecule has 6 heteroatoms. The van der Waals surface area contributed by atoms with Crippen molar-refractivity contribution in [1.82, 2.24) is 5.32 Å². The molecule has 1 aromatic carbocycles. The van der Waals surface area contributed by atoms with Gasteiger partial charge in [0, 0.05) is 26.1 Å². The predicted octanol–water partition coefficient (Wildman–Crippen LogP) is 1.39. The lowest BCUT2D eigenvalue weighted by atomic mass is 10.0. The number of aliphatic hydroxyl groups is 1. The molecule has 0 aliphatic carbocycles. The average molecular weight is 320 g/mol. The predicted molar refractivity (Wildman–Crippen MR) is 87.6 cm³/mol. The zero-order valence-corrected chi connectivity index (χ0v) is 13.9. The van der Waals surface area contributed by atoms with Crippen LogP contribution in [0.4, 0.5) is 5.69 Å². The number of benzene rings is 1. The number of hydrogen-bond acceptors (Lipinski definition) is 4. The molecule has 1 aromatic rings. The Balaban J connectivity index is 2.12. The van der Waals surface area contributed by atoms with Gasteiger partial charge in [0.15, 0.2) is 5.60 Å². The van der Waals surface area contributed by atoms with Crippen molar-refractivity contribution in [2.24, 2.45) is 0 Å². The third-order valence-corrected chi connectivity index (χ3v) is 3.75. The van der Waals surface area contributed by atoms with Gasteiger partial charge in [0.25, 0.3) is 5.91 Å². The number of fused-ring (bicyclic) bond motifs is 1. The molecule has 126 valence electrons. The number of aryl methyl sites for hydroxylation is 1. The van der Waals surface area contributed by atoms with E-state index < -0.39 is 5.60 Å². The molecular weight excluding hydrogens is 296 g/mol. The minimum absolute atomic E-state index is 0.0447. The Labute approximate surface area is 136 Å². The third kappa shape index (κ3) is 4.01. The second-order valence-electron chi connectivity index (χ2n) is 6.22. The fraction of sp³-hybridized carbons (Fsp3) is 0.529. The molecule has 0 aromatic heterocycles. The van der Waals surface area contributed by atoms with Crippen LogP contribution >= 0.6 is 0 Å². The first-order valence-corrected chi connectivity index (χ1v) is 7.84. The summed E-state index contributed by atoms with van der Waals surface area (Å²) in [5, 5.41) is 11.4. The number of nitrogens with one attached hydrogen (secondary N) is 1. The van der Waals surface area contributed by atoms with Gasteiger partial charge in [-0.1, -0.05) is 6.07 Å². The Morgan fingerprint density at radius 1 is 1.39 bits per heavy atom. The monoisotopic (exact) mass is 320 g/mol. The maximum Gasteiger partial charge on any atom is 0.270 e. The minimum atomic E-state index is -0.949. The van der Waals surface area contributed by atoms with Gasteiger partial charge in [0.05, 0.1) is 5.69 Å². The van der Waals surface area contributed by atoms with E-state index in [9.17, 15) is 9.59 Å². The normalized spacial score (nSPS) is 15.8. The van der Waals surface area contributed by atoms with E-state index in [1.165, 1.54) is 0 Å². The van der Waals surface area contributed by atoms with Crippen LogP contribution in [-0.2, 0) is 9.59 Å². The number of hydrogen-bond donors (Lipinski definition) is 2. The van der Waals surface area contributed by atoms with Crippen LogP contribution in [0.5, 0.6) is 5.75 Å². The van der Waals surface area contributed by atoms with E-state index in [-0.39, 0.29) is 24.8 Å². The summed E-state index contributed by atoms with van der Waals surface area (Å²) in [5.41, 5.74) is 0.782. The summed E-state index contributed by atoms with van der Waals surface area (Å²) in [7, 11) is 0. The Morgan fingerprint density at radius 3 is 2.83 bits per heavy atom. The SMILES string of the molecule is Cc1ccc2c(c1)N(CCC(=O)NCCCO)C(=O)C(C)(C)O2. The van der Waals surface area contributed by atoms with Crippen LogP contribution in [0.15, 0.2) is 18.2 Å². The van der Waals surface area contributed by atoms with Gasteiger partial charge in [-0.3, -0.25) is 9.59 Å². The van der Waals surface area contributed by atoms with Gasteiger partial charge in [-0.2, -0.15) is 0 Å². The molecule has 6 nitrogen and oxygen atoms in total. The van der Waals surface area contributed by atoms with Crippen LogP contribution in [-0.4, -0.2) is 42.2 Å². The largest absolute Gasteiger partial charge is 0.476 e. The van der Waals surface area contributed by atoms with Crippen LogP contribution in [0.3, 0.4) is 0 Å². The number of rotatable bonds is 6. The maximum atomic E-state index is 12.6. The van der Waals surface area contributed by atoms with Gasteiger partial charge in [-0.15, -0.1) is 0 Å². The van der Waals surface area contributed by atoms with Gasteiger partial charge in [0.2, 0.25) is 5.91 Å². The van der Waals surface area contributed by atoms with Crippen molar-refractivity contribution in [3.05, 3.63) is 23.8 Å². The van der Waals surface area contributed by atoms with Crippen molar-refractivity contribution < 1.29 is 19.4 Å². The highest BCUT2D eigenvalue weighted by Crippen LogP contribution is 2.38. The fourth-order valence-electron chi connectivity index (χ4n) is 2.51. The molecule has 0 unspecified atom stereocenters. The molecule has 0 radical (unpaired) electrons. The first kappa shape index (κ1) is 17.3. The first-order chi connectivity index (χ1) is 10.8. The highest BCUT2D eigenvalue weighted by molar-refractivity contribution is 6.02. The molecule has 0 bridgehead atoms. The Kier molecular flexibility index (Phi) is 5.26. The highest BCUT2D eigenvalue weighted by atomic mass is 16.5. The maximum absolute atomic E-state index is 12.6. The van der Waals surface area contributed by atoms with E-state index in [2.05, 4.69) is 5.32 Å². The quantitative estimate of drug-likeness (QED) is 0.776. The van der Waals surface area contributed by atoms with E-state index in [0.29, 0.717) is 30.9 Å². The summed E-state index contributed by atoms with van der Waals surface area (Å²) in [6.07, 6.45) is 0.734. The molecule has 0 saturated carbocycles. The summed E-state index contributed by atoms with van der Waals surface area (Å²) < 4.78 is 5.78. The fourth-order valence-corrected chi connectivity index (χ4v) is 2.51. The van der Waals surface area contributed by atoms with Gasteiger partial charge in [-0.25, -0.2) is 0 Å². The first-order valence-electron chi connectivity index (χ1n) is 7.84. The number of anilines is 1. The second kappa shape index (κ2) is 7.00. The Hall–Kier alpha value is -2.08. The zero-order valence-electron chi connectivity index (χ0n) is 13.9. The van der Waals surface area contributed by atoms with Gasteiger partial charge in [0.1, 0.15) is 5.75 Å². The zero-order chi connectivity index (χ0) is 17.0. The van der Waals surface area contributed by atoms with Crippen LogP contribution < -0.4 is 15.0 Å². The van der Waals surface area contributed by atoms with Gasteiger partial charge < -0.3 is 20.1 Å². The van der Waals surface area contributed by atoms with E-state index in [4.69, 9.17) is 9.84 Å². The molecule has 0 atom stereocenters. The number of amides is 2. The minimum Gasteiger partial charge on any atom is -0.476 e. The van der Waals surface area contributed by atoms with E-state index in [1.807, 2.05) is 25.1 Å². The molecule has 2 amide bonds. The molecule has 23 heavy (non-hydrogen) atoms. The van der Waals surface area contributed by atoms with Crippen molar-refractivity contribution in [2.45, 2.75) is 39.2 Å². The highest BCUT2D eigenvalue weighted by Gasteiger charge is 2.40. The number of ether oxygens (including phenoxy) is 1. The summed E-state index contributed by atoms with van der Waals surface area (Å²) in [4.78, 5) is 26.1. The van der Waals surface area contributed by atoms with Crippen LogP contribution in [0.2, 0.25) is 0 Å². The summed E-state index contributed by atoms with van der Waals surface area (Å²) in [6.45, 7) is 6.19. The summed E-state index contributed by atoms with van der Waals surface area (Å²) in [6, 6.07) is 5.68. The van der Waals surface area contributed by atoms with Crippen LogP contribution in [0, 0.1) is 6.92 Å². The van der Waals surface area contributed by atoms with Crippen LogP contribution in [0.25, 0.3) is 0 Å². The van der Waals surface area contributed by atoms with Crippen molar-refractivity contribution in [3.63, 3.8) is 0 Å². The molecule has 1 aliphatic heterocycles. The molecule has 1 heterocycles. The number of carbonyl (C=O) groups is 2. The second-order valence-corrected chi connectivity index (χ2v) is 6.22. The molecule has 2 N–H and O–H groups in total. The third-order valence-electron chi connectivity index (χ3n) is 3.75. The molecule has 2 rings (SSSR count). The Morgan fingerprint density at radius 2 is 2.13 bits per heavy atom. The molecule has 1 aliphatic rings. The van der Waals surface area contributed by atoms with Crippen LogP contribution in [0.1, 0.15) is 32.3 Å². The average Bonchev–Trinajstić information content (AvgIpc) is 2.49. The van der Waals surface area contributed by atoms with Crippen molar-refractivity contribution in [1.29, 1.82) is 0 Å². The van der Waals surface area contributed by atoms with Gasteiger partial charge >= 0.3 is 0 Å². The van der Waals surface area contributed by atoms with Gasteiger partial charge in [-0.05, 0) is 44.9 Å². The van der Waals surface area contributed by atoms with Crippen molar-refractivity contribution in [3.8, 4) is 5.75 Å². The van der Waals surface area contributed by atoms with E-state index in [0.717, 1.165) is 5.56 Å². The lowest BCUT2D eigenvalue weighted by molar-refractivity contribution is -0.132. The lowest BCUT2D eigenvalue weighted by Gasteiger charge is -2.38. The molecule has 0 saturated heterocycles. The number of carbonyl (C=O) groups excluding carboxylic acids is 2. The molecular formula is C17H24N2O4.